The summed E-state index contributed by atoms with van der Waals surface area (Å²) < 4.78 is 0. The molecule has 0 aromatic heterocycles. The van der Waals surface area contributed by atoms with Gasteiger partial charge >= 0.3 is 11.9 Å². The van der Waals surface area contributed by atoms with Gasteiger partial charge in [0.25, 0.3) is 0 Å². The lowest BCUT2D eigenvalue weighted by atomic mass is 10.0. The van der Waals surface area contributed by atoms with E-state index in [1.165, 1.54) is 4.90 Å². The first-order valence-corrected chi connectivity index (χ1v) is 16.1. The minimum Gasteiger partial charge on any atom is -0.481 e. The van der Waals surface area contributed by atoms with Gasteiger partial charge < -0.3 is 70.3 Å². The summed E-state index contributed by atoms with van der Waals surface area (Å²) >= 11 is 0. The van der Waals surface area contributed by atoms with Gasteiger partial charge in [-0.05, 0) is 50.9 Å². The van der Waals surface area contributed by atoms with Gasteiger partial charge in [-0.1, -0.05) is 13.8 Å². The van der Waals surface area contributed by atoms with Crippen molar-refractivity contribution in [3.05, 3.63) is 0 Å². The van der Waals surface area contributed by atoms with Gasteiger partial charge in [-0.15, -0.1) is 0 Å². The Bertz CT molecular complexity index is 1210. The van der Waals surface area contributed by atoms with E-state index in [1.54, 1.807) is 13.8 Å². The molecule has 1 heterocycles. The number of amides is 4. The molecule has 21 heteroatoms. The van der Waals surface area contributed by atoms with E-state index >= 15 is 0 Å². The van der Waals surface area contributed by atoms with Crippen LogP contribution in [0.3, 0.4) is 0 Å². The van der Waals surface area contributed by atoms with Crippen molar-refractivity contribution in [2.24, 2.45) is 50.3 Å². The lowest BCUT2D eigenvalue weighted by Gasteiger charge is -2.27. The van der Waals surface area contributed by atoms with Gasteiger partial charge in [0.15, 0.2) is 11.9 Å². The van der Waals surface area contributed by atoms with Crippen molar-refractivity contribution in [1.82, 2.24) is 20.9 Å². The van der Waals surface area contributed by atoms with Crippen LogP contribution in [0.4, 0.5) is 0 Å². The SMILES string of the molecule is CC(C)[C@H](NC(=O)[C@@H](N)CCCN=C(N)N)C(=O)NCC(=O)N[C@@H](CCCN=C(N)N)C(=O)N1CCC[C@H]1C=O.N[C@@H](CCC(=O)O)C(=O)O. The monoisotopic (exact) mass is 714 g/mol. The summed E-state index contributed by atoms with van der Waals surface area (Å²) in [6, 6.07) is -4.36. The normalized spacial score (nSPS) is 15.9. The Labute approximate surface area is 290 Å². The molecular weight excluding hydrogens is 660 g/mol. The van der Waals surface area contributed by atoms with E-state index in [4.69, 9.17) is 44.6 Å². The molecule has 1 fully saturated rings. The van der Waals surface area contributed by atoms with Crippen LogP contribution in [0.15, 0.2) is 9.98 Å². The maximum Gasteiger partial charge on any atom is 0.320 e. The van der Waals surface area contributed by atoms with Gasteiger partial charge in [-0.3, -0.25) is 38.8 Å². The zero-order chi connectivity index (χ0) is 38.4. The summed E-state index contributed by atoms with van der Waals surface area (Å²) in [7, 11) is 0. The van der Waals surface area contributed by atoms with Crippen molar-refractivity contribution in [3.8, 4) is 0 Å². The number of carbonyl (C=O) groups excluding carboxylic acids is 5. The van der Waals surface area contributed by atoms with Crippen LogP contribution >= 0.6 is 0 Å². The highest BCUT2D eigenvalue weighted by Crippen LogP contribution is 2.18. The molecule has 0 bridgehead atoms. The molecule has 17 N–H and O–H groups in total. The van der Waals surface area contributed by atoms with Crippen LogP contribution in [0.1, 0.15) is 65.2 Å². The number of aliphatic carboxylic acids is 2. The third kappa shape index (κ3) is 19.1. The fourth-order valence-electron chi connectivity index (χ4n) is 4.54. The van der Waals surface area contributed by atoms with Crippen molar-refractivity contribution in [2.75, 3.05) is 26.2 Å². The van der Waals surface area contributed by atoms with Crippen LogP contribution in [0.5, 0.6) is 0 Å². The number of nitrogens with two attached hydrogens (primary N) is 6. The van der Waals surface area contributed by atoms with E-state index in [9.17, 15) is 33.6 Å². The summed E-state index contributed by atoms with van der Waals surface area (Å²) in [5.74, 6) is -4.75. The Morgan fingerprint density at radius 3 is 1.94 bits per heavy atom. The number of rotatable bonds is 21. The Morgan fingerprint density at radius 1 is 0.860 bits per heavy atom. The smallest absolute Gasteiger partial charge is 0.320 e. The summed E-state index contributed by atoms with van der Waals surface area (Å²) in [5.41, 5.74) is 32.1. The van der Waals surface area contributed by atoms with Gasteiger partial charge in [0, 0.05) is 26.1 Å². The number of likely N-dealkylation sites (tertiary alicyclic amines) is 1. The van der Waals surface area contributed by atoms with Crippen LogP contribution in [0, 0.1) is 5.92 Å². The number of nitrogens with zero attached hydrogens (tertiary/aromatic N) is 3. The third-order valence-electron chi connectivity index (χ3n) is 7.28. The second kappa shape index (κ2) is 24.1. The fourth-order valence-corrected chi connectivity index (χ4v) is 4.54. The Hall–Kier alpha value is -5.05. The summed E-state index contributed by atoms with van der Waals surface area (Å²) in [6.45, 7) is 4.02. The maximum atomic E-state index is 13.1. The average molecular weight is 715 g/mol. The standard InChI is InChI=1S/C24H45N11O5.C5H9NO4/c1-14(2)19(34-20(38)16(25)7-3-9-30-23(26)27)21(39)32-12-18(37)33-17(8-4-10-31-24(28)29)22(40)35-11-5-6-15(35)13-36;6-3(5(9)10)1-2-4(7)8/h13-17,19H,3-12,25H2,1-2H3,(H,32,39)(H,33,37)(H,34,38)(H4,26,27,30)(H4,28,29,31);3H,1-2,6H2,(H,7,8)(H,9,10)/t15-,16-,17-,19-;3-/m00/s1. The van der Waals surface area contributed by atoms with Gasteiger partial charge in [0.2, 0.25) is 23.6 Å². The number of hydrogen-bond donors (Lipinski definition) is 11. The van der Waals surface area contributed by atoms with Crippen LogP contribution in [-0.2, 0) is 33.6 Å². The van der Waals surface area contributed by atoms with Gasteiger partial charge in [0.1, 0.15) is 24.4 Å². The first-order valence-electron chi connectivity index (χ1n) is 16.1. The molecule has 0 spiro atoms. The zero-order valence-corrected chi connectivity index (χ0v) is 28.6. The Kier molecular flexibility index (Phi) is 21.7. The number of aldehydes is 1. The third-order valence-corrected chi connectivity index (χ3v) is 7.28. The molecule has 1 saturated heterocycles. The molecule has 0 aromatic carbocycles. The second-order valence-electron chi connectivity index (χ2n) is 11.8. The molecule has 4 amide bonds. The zero-order valence-electron chi connectivity index (χ0n) is 28.6. The quantitative estimate of drug-likeness (QED) is 0.0231. The molecule has 1 aliphatic heterocycles. The van der Waals surface area contributed by atoms with E-state index in [0.717, 1.165) is 6.29 Å². The molecule has 5 atom stereocenters. The number of guanidine groups is 2. The molecular formula is C29H54N12O9. The van der Waals surface area contributed by atoms with Crippen LogP contribution < -0.4 is 50.4 Å². The summed E-state index contributed by atoms with van der Waals surface area (Å²) in [5, 5.41) is 24.0. The largest absolute Gasteiger partial charge is 0.481 e. The molecule has 0 aliphatic carbocycles. The molecule has 0 aromatic rings. The molecule has 0 saturated carbocycles. The van der Waals surface area contributed by atoms with Gasteiger partial charge in [0.05, 0.1) is 18.6 Å². The molecule has 50 heavy (non-hydrogen) atoms. The Balaban J connectivity index is 0.00000207. The van der Waals surface area contributed by atoms with E-state index in [2.05, 4.69) is 25.9 Å². The van der Waals surface area contributed by atoms with E-state index in [1.807, 2.05) is 0 Å². The maximum absolute atomic E-state index is 13.1. The highest BCUT2D eigenvalue weighted by Gasteiger charge is 2.34. The number of hydrogen-bond acceptors (Lipinski definition) is 11. The number of nitrogens with one attached hydrogen (secondary N) is 3. The molecule has 0 unspecified atom stereocenters. The van der Waals surface area contributed by atoms with Crippen molar-refractivity contribution in [3.63, 3.8) is 0 Å². The van der Waals surface area contributed by atoms with Crippen molar-refractivity contribution in [1.29, 1.82) is 0 Å². The highest BCUT2D eigenvalue weighted by molar-refractivity contribution is 5.94. The van der Waals surface area contributed by atoms with Crippen LogP contribution in [0.25, 0.3) is 0 Å². The molecule has 0 radical (unpaired) electrons. The van der Waals surface area contributed by atoms with Gasteiger partial charge in [-0.25, -0.2) is 0 Å². The molecule has 1 rings (SSSR count). The van der Waals surface area contributed by atoms with Crippen LogP contribution in [-0.4, -0.2) is 125 Å². The second-order valence-corrected chi connectivity index (χ2v) is 11.8. The predicted octanol–water partition coefficient (Wildman–Crippen LogP) is -4.38. The van der Waals surface area contributed by atoms with Crippen molar-refractivity contribution in [2.45, 2.75) is 95.4 Å². The number of aliphatic imine (C=N–C) groups is 2. The summed E-state index contributed by atoms with van der Waals surface area (Å²) in [4.78, 5) is 91.6. The minimum absolute atomic E-state index is 0.0231. The number of carbonyl (C=O) groups is 7. The van der Waals surface area contributed by atoms with Gasteiger partial charge in [-0.2, -0.15) is 0 Å². The summed E-state index contributed by atoms with van der Waals surface area (Å²) in [6.07, 6.45) is 3.14. The highest BCUT2D eigenvalue weighted by atomic mass is 16.4. The van der Waals surface area contributed by atoms with Crippen molar-refractivity contribution < 1.29 is 43.8 Å². The topological polar surface area (TPSA) is 380 Å². The van der Waals surface area contributed by atoms with Crippen molar-refractivity contribution >= 4 is 53.8 Å². The molecule has 1 aliphatic rings. The predicted molar refractivity (Wildman–Crippen MR) is 183 cm³/mol. The number of carboxylic acid groups (broad SMARTS) is 2. The lowest BCUT2D eigenvalue weighted by molar-refractivity contribution is -0.140. The molecule has 21 nitrogen and oxygen atoms in total. The minimum atomic E-state index is -1.17. The average Bonchev–Trinajstić information content (AvgIpc) is 3.53. The first kappa shape index (κ1) is 44.9. The Morgan fingerprint density at radius 2 is 1.44 bits per heavy atom. The number of carboxylic acids is 2. The molecule has 284 valence electrons. The van der Waals surface area contributed by atoms with Crippen LogP contribution in [0.2, 0.25) is 0 Å². The fraction of sp³-hybridized carbons (Fsp3) is 0.690. The van der Waals surface area contributed by atoms with E-state index < -0.39 is 66.4 Å². The van der Waals surface area contributed by atoms with E-state index in [0.29, 0.717) is 45.2 Å². The lowest BCUT2D eigenvalue weighted by Crippen LogP contribution is -2.56. The van der Waals surface area contributed by atoms with E-state index in [-0.39, 0.29) is 49.6 Å². The first-order chi connectivity index (χ1) is 23.4.